The highest BCUT2D eigenvalue weighted by Gasteiger charge is 2.44. The number of hydrogen-bond donors (Lipinski definition) is 3. The van der Waals surface area contributed by atoms with Gasteiger partial charge in [0.2, 0.25) is 0 Å². The van der Waals surface area contributed by atoms with Crippen molar-refractivity contribution < 1.29 is 9.18 Å². The van der Waals surface area contributed by atoms with Gasteiger partial charge in [0.25, 0.3) is 5.91 Å². The lowest BCUT2D eigenvalue weighted by atomic mass is 9.83. The molecule has 1 aromatic carbocycles. The number of nitrogens with one attached hydrogen (secondary N) is 1. The predicted octanol–water partition coefficient (Wildman–Crippen LogP) is 1.51. The van der Waals surface area contributed by atoms with Crippen molar-refractivity contribution in [2.24, 2.45) is 11.5 Å². The summed E-state index contributed by atoms with van der Waals surface area (Å²) in [7, 11) is 0. The van der Waals surface area contributed by atoms with E-state index in [4.69, 9.17) is 11.5 Å². The van der Waals surface area contributed by atoms with E-state index in [0.717, 1.165) is 56.2 Å². The molecule has 5 rings (SSSR count). The summed E-state index contributed by atoms with van der Waals surface area (Å²) in [4.78, 5) is 18.8. The number of nitrogens with two attached hydrogens (primary N) is 2. The maximum Gasteiger partial charge on any atom is 0.251 e. The highest BCUT2D eigenvalue weighted by Crippen LogP contribution is 2.40. The molecule has 2 fully saturated rings. The standard InChI is InChI=1S/C19H23FN6O/c1-18(4-5-25(9-18)10-19(22)2-3-19)13-8-23-26-15-12(16(21)27)6-11(20)7-14(15)24-17(13)26/h6-8,23H,2-5,9-10,22H2,1H3,(H2,21,27). The number of halogens is 1. The molecular formula is C19H23FN6O. The summed E-state index contributed by atoms with van der Waals surface area (Å²) in [5.41, 5.74) is 14.5. The van der Waals surface area contributed by atoms with Crippen LogP contribution in [0.4, 0.5) is 4.39 Å². The molecule has 1 aliphatic carbocycles. The van der Waals surface area contributed by atoms with E-state index < -0.39 is 11.7 Å². The van der Waals surface area contributed by atoms with Crippen LogP contribution < -0.4 is 11.5 Å². The predicted molar refractivity (Wildman–Crippen MR) is 100 cm³/mol. The van der Waals surface area contributed by atoms with Gasteiger partial charge in [-0.1, -0.05) is 6.92 Å². The van der Waals surface area contributed by atoms with E-state index in [9.17, 15) is 9.18 Å². The van der Waals surface area contributed by atoms with E-state index in [1.807, 2.05) is 6.20 Å². The number of primary amides is 1. The fourth-order valence-corrected chi connectivity index (χ4v) is 4.48. The summed E-state index contributed by atoms with van der Waals surface area (Å²) in [5.74, 6) is -1.19. The zero-order valence-electron chi connectivity index (χ0n) is 15.3. The summed E-state index contributed by atoms with van der Waals surface area (Å²) >= 11 is 0. The van der Waals surface area contributed by atoms with Crippen molar-refractivity contribution in [3.63, 3.8) is 0 Å². The Balaban J connectivity index is 1.58. The zero-order chi connectivity index (χ0) is 19.0. The maximum atomic E-state index is 13.9. The molecule has 3 heterocycles. The molecule has 1 saturated heterocycles. The molecule has 1 unspecified atom stereocenters. The van der Waals surface area contributed by atoms with Crippen LogP contribution in [0.25, 0.3) is 16.7 Å². The van der Waals surface area contributed by atoms with E-state index >= 15 is 0 Å². The van der Waals surface area contributed by atoms with E-state index in [2.05, 4.69) is 21.9 Å². The molecular weight excluding hydrogens is 347 g/mol. The first-order valence-corrected chi connectivity index (χ1v) is 9.29. The summed E-state index contributed by atoms with van der Waals surface area (Å²) in [5, 5.41) is 3.18. The van der Waals surface area contributed by atoms with E-state index in [-0.39, 0.29) is 16.5 Å². The smallest absolute Gasteiger partial charge is 0.251 e. The lowest BCUT2D eigenvalue weighted by Crippen LogP contribution is -2.39. The largest absolute Gasteiger partial charge is 0.366 e. The molecule has 0 radical (unpaired) electrons. The molecule has 3 aromatic rings. The van der Waals surface area contributed by atoms with Crippen molar-refractivity contribution in [3.8, 4) is 0 Å². The molecule has 1 aliphatic heterocycles. The van der Waals surface area contributed by atoms with Gasteiger partial charge in [0.15, 0.2) is 5.65 Å². The third kappa shape index (κ3) is 2.55. The lowest BCUT2D eigenvalue weighted by molar-refractivity contribution is 0.100. The van der Waals surface area contributed by atoms with E-state index in [1.54, 1.807) is 4.52 Å². The van der Waals surface area contributed by atoms with Crippen LogP contribution in [-0.2, 0) is 5.41 Å². The SMILES string of the molecule is CC1(c2c[nH]n3c2nc2cc(F)cc(C(N)=O)c23)CCN(CC2(N)CC2)C1. The second-order valence-electron chi connectivity index (χ2n) is 8.53. The Hall–Kier alpha value is -2.45. The maximum absolute atomic E-state index is 13.9. The number of benzene rings is 1. The van der Waals surface area contributed by atoms with E-state index in [1.165, 1.54) is 6.07 Å². The highest BCUT2D eigenvalue weighted by atomic mass is 19.1. The van der Waals surface area contributed by atoms with Gasteiger partial charge in [0, 0.05) is 41.9 Å². The first-order chi connectivity index (χ1) is 12.8. The van der Waals surface area contributed by atoms with Crippen molar-refractivity contribution in [1.82, 2.24) is 19.5 Å². The molecule has 8 heteroatoms. The molecule has 2 aliphatic rings. The Morgan fingerprint density at radius 1 is 1.37 bits per heavy atom. The van der Waals surface area contributed by atoms with Crippen LogP contribution in [0.1, 0.15) is 42.1 Å². The van der Waals surface area contributed by atoms with Gasteiger partial charge in [-0.15, -0.1) is 0 Å². The first kappa shape index (κ1) is 16.7. The Kier molecular flexibility index (Phi) is 3.28. The summed E-state index contributed by atoms with van der Waals surface area (Å²) in [6, 6.07) is 2.50. The third-order valence-electron chi connectivity index (χ3n) is 6.19. The molecule has 1 amide bonds. The lowest BCUT2D eigenvalue weighted by Gasteiger charge is -2.25. The van der Waals surface area contributed by atoms with Crippen LogP contribution in [-0.4, -0.2) is 50.6 Å². The van der Waals surface area contributed by atoms with Gasteiger partial charge in [-0.25, -0.2) is 13.9 Å². The van der Waals surface area contributed by atoms with Crippen molar-refractivity contribution in [2.45, 2.75) is 37.1 Å². The molecule has 27 heavy (non-hydrogen) atoms. The minimum atomic E-state index is -0.673. The number of amides is 1. The van der Waals surface area contributed by atoms with Crippen molar-refractivity contribution >= 4 is 22.6 Å². The number of hydrogen-bond acceptors (Lipinski definition) is 4. The zero-order valence-corrected chi connectivity index (χ0v) is 15.3. The summed E-state index contributed by atoms with van der Waals surface area (Å²) < 4.78 is 15.6. The normalized spacial score (nSPS) is 24.9. The second-order valence-corrected chi connectivity index (χ2v) is 8.53. The first-order valence-electron chi connectivity index (χ1n) is 9.29. The van der Waals surface area contributed by atoms with Crippen LogP contribution >= 0.6 is 0 Å². The van der Waals surface area contributed by atoms with Crippen LogP contribution in [0.5, 0.6) is 0 Å². The van der Waals surface area contributed by atoms with Gasteiger partial charge in [0.1, 0.15) is 11.3 Å². The summed E-state index contributed by atoms with van der Waals surface area (Å²) in [6.07, 6.45) is 5.13. The fourth-order valence-electron chi connectivity index (χ4n) is 4.48. The number of imidazole rings is 1. The highest BCUT2D eigenvalue weighted by molar-refractivity contribution is 6.05. The number of fused-ring (bicyclic) bond motifs is 3. The Bertz CT molecular complexity index is 1080. The van der Waals surface area contributed by atoms with Crippen molar-refractivity contribution in [3.05, 3.63) is 35.3 Å². The quantitative estimate of drug-likeness (QED) is 0.647. The number of aromatic nitrogens is 3. The third-order valence-corrected chi connectivity index (χ3v) is 6.19. The number of carbonyl (C=O) groups excluding carboxylic acids is 1. The number of H-pyrrole nitrogens is 1. The minimum Gasteiger partial charge on any atom is -0.366 e. The Morgan fingerprint density at radius 3 is 2.85 bits per heavy atom. The molecule has 1 atom stereocenters. The van der Waals surface area contributed by atoms with Gasteiger partial charge in [-0.2, -0.15) is 0 Å². The molecule has 142 valence electrons. The Morgan fingerprint density at radius 2 is 2.15 bits per heavy atom. The van der Waals surface area contributed by atoms with Gasteiger partial charge in [-0.3, -0.25) is 9.89 Å². The molecule has 2 aromatic heterocycles. The number of nitrogens with zero attached hydrogens (tertiary/aromatic N) is 3. The number of rotatable bonds is 4. The van der Waals surface area contributed by atoms with Gasteiger partial charge in [-0.05, 0) is 31.9 Å². The van der Waals surface area contributed by atoms with E-state index in [0.29, 0.717) is 11.0 Å². The van der Waals surface area contributed by atoms with Gasteiger partial charge < -0.3 is 16.4 Å². The average molecular weight is 370 g/mol. The number of likely N-dealkylation sites (tertiary alicyclic amines) is 1. The fraction of sp³-hybridized carbons (Fsp3) is 0.474. The number of carbonyl (C=O) groups is 1. The molecule has 0 spiro atoms. The van der Waals surface area contributed by atoms with Crippen molar-refractivity contribution in [2.75, 3.05) is 19.6 Å². The average Bonchev–Trinajstić information content (AvgIpc) is 2.94. The van der Waals surface area contributed by atoms with Crippen LogP contribution in [0, 0.1) is 5.82 Å². The molecule has 5 N–H and O–H groups in total. The van der Waals surface area contributed by atoms with Crippen LogP contribution in [0.15, 0.2) is 18.3 Å². The van der Waals surface area contributed by atoms with Crippen LogP contribution in [0.3, 0.4) is 0 Å². The van der Waals surface area contributed by atoms with Crippen LogP contribution in [0.2, 0.25) is 0 Å². The van der Waals surface area contributed by atoms with Gasteiger partial charge in [0.05, 0.1) is 11.1 Å². The number of aromatic amines is 1. The monoisotopic (exact) mass is 370 g/mol. The Labute approximate surface area is 155 Å². The minimum absolute atomic E-state index is 0.00534. The molecule has 1 saturated carbocycles. The second kappa shape index (κ2) is 5.30. The van der Waals surface area contributed by atoms with Gasteiger partial charge >= 0.3 is 0 Å². The summed E-state index contributed by atoms with van der Waals surface area (Å²) in [6.45, 7) is 5.05. The van der Waals surface area contributed by atoms with Crippen molar-refractivity contribution in [1.29, 1.82) is 0 Å². The molecule has 0 bridgehead atoms. The topological polar surface area (TPSA) is 105 Å². The molecule has 7 nitrogen and oxygen atoms in total.